The lowest BCUT2D eigenvalue weighted by molar-refractivity contribution is -0.138. The number of carbonyl (C=O) groups excluding carboxylic acids is 1. The molecule has 0 saturated heterocycles. The van der Waals surface area contributed by atoms with Crippen molar-refractivity contribution in [1.82, 2.24) is 0 Å². The summed E-state index contributed by atoms with van der Waals surface area (Å²) in [4.78, 5) is 30.5. The van der Waals surface area contributed by atoms with Gasteiger partial charge in [-0.3, -0.25) is 9.59 Å². The maximum atomic E-state index is 12.9. The Labute approximate surface area is 170 Å². The van der Waals surface area contributed by atoms with Crippen LogP contribution < -0.4 is 4.90 Å². The molecule has 1 N–H and O–H groups in total. The van der Waals surface area contributed by atoms with E-state index in [1.54, 1.807) is 30.3 Å². The van der Waals surface area contributed by atoms with E-state index in [-0.39, 0.29) is 18.2 Å². The van der Waals surface area contributed by atoms with E-state index in [1.807, 2.05) is 31.2 Å². The number of anilines is 1. The smallest absolute Gasteiger partial charge is 0.303 e. The number of amides is 1. The van der Waals surface area contributed by atoms with Gasteiger partial charge in [0.15, 0.2) is 0 Å². The molecule has 0 spiro atoms. The number of fused-ring (bicyclic) bond motifs is 1. The first-order chi connectivity index (χ1) is 14.0. The molecule has 29 heavy (non-hydrogen) atoms. The Morgan fingerprint density at radius 3 is 2.66 bits per heavy atom. The average Bonchev–Trinajstić information content (AvgIpc) is 2.72. The number of benzene rings is 2. The van der Waals surface area contributed by atoms with Gasteiger partial charge in [0.2, 0.25) is 0 Å². The van der Waals surface area contributed by atoms with Gasteiger partial charge in [-0.15, -0.1) is 0 Å². The van der Waals surface area contributed by atoms with Gasteiger partial charge in [-0.2, -0.15) is 0 Å². The fourth-order valence-electron chi connectivity index (χ4n) is 3.64. The second-order valence-corrected chi connectivity index (χ2v) is 7.30. The van der Waals surface area contributed by atoms with Gasteiger partial charge >= 0.3 is 5.97 Å². The second kappa shape index (κ2) is 9.37. The number of carboxylic acid groups (broad SMARTS) is 1. The lowest BCUT2D eigenvalue weighted by Gasteiger charge is -2.26. The zero-order valence-corrected chi connectivity index (χ0v) is 16.8. The summed E-state index contributed by atoms with van der Waals surface area (Å²) >= 11 is 0. The number of carbonyl (C=O) groups is 2. The van der Waals surface area contributed by atoms with E-state index < -0.39 is 5.97 Å². The first-order valence-corrected chi connectivity index (χ1v) is 9.85. The van der Waals surface area contributed by atoms with E-state index in [2.05, 4.69) is 11.2 Å². The monoisotopic (exact) mass is 394 g/mol. The van der Waals surface area contributed by atoms with Crippen LogP contribution >= 0.6 is 0 Å². The number of nitrogens with zero attached hydrogens (tertiary/aromatic N) is 2. The number of rotatable bonds is 7. The highest BCUT2D eigenvalue weighted by molar-refractivity contribution is 6.06. The minimum atomic E-state index is -0.753. The molecular formula is C23H26N2O4. The van der Waals surface area contributed by atoms with Gasteiger partial charge in [0.05, 0.1) is 6.21 Å². The van der Waals surface area contributed by atoms with Crippen molar-refractivity contribution in [3.05, 3.63) is 64.7 Å². The second-order valence-electron chi connectivity index (χ2n) is 7.30. The van der Waals surface area contributed by atoms with E-state index in [1.165, 1.54) is 5.56 Å². The number of hydrogen-bond acceptors (Lipinski definition) is 4. The molecular weight excluding hydrogens is 368 g/mol. The largest absolute Gasteiger partial charge is 0.481 e. The summed E-state index contributed by atoms with van der Waals surface area (Å²) in [5.74, 6) is -0.699. The van der Waals surface area contributed by atoms with Crippen LogP contribution in [0.5, 0.6) is 0 Å². The molecule has 1 amide bonds. The zero-order valence-electron chi connectivity index (χ0n) is 16.8. The molecule has 0 radical (unpaired) electrons. The van der Waals surface area contributed by atoms with Gasteiger partial charge < -0.3 is 14.8 Å². The van der Waals surface area contributed by atoms with Gasteiger partial charge in [0, 0.05) is 24.7 Å². The topological polar surface area (TPSA) is 79.2 Å². The van der Waals surface area contributed by atoms with Crippen molar-refractivity contribution in [2.75, 3.05) is 18.6 Å². The molecule has 2 aromatic carbocycles. The third-order valence-corrected chi connectivity index (χ3v) is 5.24. The summed E-state index contributed by atoms with van der Waals surface area (Å²) in [5, 5.41) is 12.9. The molecule has 1 unspecified atom stereocenters. The highest BCUT2D eigenvalue weighted by atomic mass is 16.6. The van der Waals surface area contributed by atoms with Gasteiger partial charge in [-0.1, -0.05) is 23.4 Å². The fraction of sp³-hybridized carbons (Fsp3) is 0.348. The molecule has 2 aromatic rings. The summed E-state index contributed by atoms with van der Waals surface area (Å²) in [6, 6.07) is 13.2. The Hall–Kier alpha value is -3.15. The molecule has 1 atom stereocenters. The van der Waals surface area contributed by atoms with E-state index in [4.69, 9.17) is 9.94 Å². The number of oxime groups is 1. The van der Waals surface area contributed by atoms with E-state index in [0.29, 0.717) is 12.2 Å². The van der Waals surface area contributed by atoms with Gasteiger partial charge in [-0.05, 0) is 73.1 Å². The summed E-state index contributed by atoms with van der Waals surface area (Å²) in [6.07, 6.45) is 4.32. The fourth-order valence-corrected chi connectivity index (χ4v) is 3.64. The minimum absolute atomic E-state index is 0.101. The van der Waals surface area contributed by atoms with Crippen LogP contribution in [-0.4, -0.2) is 36.9 Å². The summed E-state index contributed by atoms with van der Waals surface area (Å²) in [5.41, 5.74) is 4.64. The van der Waals surface area contributed by atoms with Gasteiger partial charge in [-0.25, -0.2) is 0 Å². The molecule has 3 rings (SSSR count). The zero-order chi connectivity index (χ0) is 20.8. The van der Waals surface area contributed by atoms with Crippen LogP contribution in [0.4, 0.5) is 5.69 Å². The first kappa shape index (κ1) is 20.6. The first-order valence-electron chi connectivity index (χ1n) is 9.85. The maximum absolute atomic E-state index is 12.9. The van der Waals surface area contributed by atoms with E-state index in [0.717, 1.165) is 36.1 Å². The van der Waals surface area contributed by atoms with Gasteiger partial charge in [0.1, 0.15) is 6.61 Å². The van der Waals surface area contributed by atoms with Crippen molar-refractivity contribution in [2.24, 2.45) is 11.1 Å². The standard InChI is InChI=1S/C23H26N2O4/c1-3-29-24-15-16-4-8-19(9-5-16)23(28)25(2)21-11-10-18-7-6-17(13-22(26)27)12-20(18)14-21/h4-5,8-11,14-15,17H,3,6-7,12-13H2,1-2H3,(H,26,27). The quantitative estimate of drug-likeness (QED) is 0.570. The number of hydrogen-bond donors (Lipinski definition) is 1. The summed E-state index contributed by atoms with van der Waals surface area (Å²) in [6.45, 7) is 2.37. The third kappa shape index (κ3) is 5.22. The molecule has 0 saturated carbocycles. The predicted molar refractivity (Wildman–Crippen MR) is 113 cm³/mol. The molecule has 0 heterocycles. The van der Waals surface area contributed by atoms with Gasteiger partial charge in [0.25, 0.3) is 5.91 Å². The molecule has 6 nitrogen and oxygen atoms in total. The van der Waals surface area contributed by atoms with Crippen molar-refractivity contribution in [1.29, 1.82) is 0 Å². The lowest BCUT2D eigenvalue weighted by atomic mass is 9.82. The van der Waals surface area contributed by atoms with Crippen LogP contribution in [0.3, 0.4) is 0 Å². The Kier molecular flexibility index (Phi) is 6.65. The highest BCUT2D eigenvalue weighted by Gasteiger charge is 2.22. The van der Waals surface area contributed by atoms with Crippen LogP contribution in [0.1, 0.15) is 46.8 Å². The Morgan fingerprint density at radius 1 is 1.21 bits per heavy atom. The minimum Gasteiger partial charge on any atom is -0.481 e. The average molecular weight is 394 g/mol. The van der Waals surface area contributed by atoms with E-state index in [9.17, 15) is 9.59 Å². The normalized spacial score (nSPS) is 15.7. The Bertz CT molecular complexity index is 906. The molecule has 0 fully saturated rings. The number of aliphatic carboxylic acids is 1. The molecule has 0 aromatic heterocycles. The van der Waals surface area contributed by atoms with Crippen LogP contribution in [0.15, 0.2) is 47.6 Å². The van der Waals surface area contributed by atoms with Crippen LogP contribution in [0.2, 0.25) is 0 Å². The van der Waals surface area contributed by atoms with Crippen LogP contribution in [-0.2, 0) is 22.5 Å². The molecule has 1 aliphatic carbocycles. The van der Waals surface area contributed by atoms with Crippen LogP contribution in [0.25, 0.3) is 0 Å². The Morgan fingerprint density at radius 2 is 1.97 bits per heavy atom. The SMILES string of the molecule is CCON=Cc1ccc(C(=O)N(C)c2ccc3c(c2)CC(CC(=O)O)CC3)cc1. The van der Waals surface area contributed by atoms with E-state index >= 15 is 0 Å². The molecule has 0 aliphatic heterocycles. The van der Waals surface area contributed by atoms with Crippen molar-refractivity contribution in [3.63, 3.8) is 0 Å². The summed E-state index contributed by atoms with van der Waals surface area (Å²) < 4.78 is 0. The highest BCUT2D eigenvalue weighted by Crippen LogP contribution is 2.30. The van der Waals surface area contributed by atoms with Crippen molar-refractivity contribution < 1.29 is 19.5 Å². The molecule has 1 aliphatic rings. The predicted octanol–water partition coefficient (Wildman–Crippen LogP) is 3.91. The number of aryl methyl sites for hydroxylation is 1. The van der Waals surface area contributed by atoms with Crippen molar-refractivity contribution in [3.8, 4) is 0 Å². The third-order valence-electron chi connectivity index (χ3n) is 5.24. The maximum Gasteiger partial charge on any atom is 0.303 e. The van der Waals surface area contributed by atoms with Crippen molar-refractivity contribution in [2.45, 2.75) is 32.6 Å². The molecule has 0 bridgehead atoms. The van der Waals surface area contributed by atoms with Crippen molar-refractivity contribution >= 4 is 23.8 Å². The molecule has 152 valence electrons. The molecule has 6 heteroatoms. The van der Waals surface area contributed by atoms with Crippen LogP contribution in [0, 0.1) is 5.92 Å². The lowest BCUT2D eigenvalue weighted by Crippen LogP contribution is -2.27. The summed E-state index contributed by atoms with van der Waals surface area (Å²) in [7, 11) is 1.76. The Balaban J connectivity index is 1.72. The number of carboxylic acids is 1.